The average molecular weight is 272 g/mol. The molecule has 4 aromatic rings. The number of nitrogen functional groups attached to an aromatic ring is 1. The second-order valence-corrected chi connectivity index (χ2v) is 5.49. The highest BCUT2D eigenvalue weighted by atomic mass is 15.3. The van der Waals surface area contributed by atoms with E-state index in [2.05, 4.69) is 67.6 Å². The van der Waals surface area contributed by atoms with Gasteiger partial charge >= 0.3 is 0 Å². The third-order valence-electron chi connectivity index (χ3n) is 4.06. The molecule has 0 amide bonds. The first-order valence-electron chi connectivity index (χ1n) is 7.09. The van der Waals surface area contributed by atoms with Gasteiger partial charge in [-0.05, 0) is 42.3 Å². The van der Waals surface area contributed by atoms with Crippen molar-refractivity contribution in [2.24, 2.45) is 0 Å². The maximum atomic E-state index is 6.23. The van der Waals surface area contributed by atoms with Gasteiger partial charge in [0.1, 0.15) is 0 Å². The van der Waals surface area contributed by atoms with E-state index in [9.17, 15) is 0 Å². The van der Waals surface area contributed by atoms with Gasteiger partial charge in [-0.3, -0.25) is 4.68 Å². The summed E-state index contributed by atoms with van der Waals surface area (Å²) in [7, 11) is 0. The fraction of sp³-hybridized carbons (Fsp3) is 0.0526. The number of aromatic nitrogens is 1. The molecule has 4 rings (SSSR count). The highest BCUT2D eigenvalue weighted by Gasteiger charge is 2.10. The van der Waals surface area contributed by atoms with Crippen LogP contribution in [0.2, 0.25) is 0 Å². The van der Waals surface area contributed by atoms with Crippen LogP contribution in [0.3, 0.4) is 0 Å². The quantitative estimate of drug-likeness (QED) is 0.509. The van der Waals surface area contributed by atoms with Crippen LogP contribution in [0.1, 0.15) is 5.56 Å². The lowest BCUT2D eigenvalue weighted by molar-refractivity contribution is 1.12. The van der Waals surface area contributed by atoms with Crippen LogP contribution in [0, 0.1) is 6.92 Å². The molecule has 0 saturated carbocycles. The largest absolute Gasteiger partial charge is 0.339 e. The lowest BCUT2D eigenvalue weighted by atomic mass is 10.0. The first-order valence-corrected chi connectivity index (χ1v) is 7.09. The highest BCUT2D eigenvalue weighted by Crippen LogP contribution is 2.31. The topological polar surface area (TPSA) is 30.9 Å². The minimum atomic E-state index is 1.07. The van der Waals surface area contributed by atoms with E-state index in [0.29, 0.717) is 0 Å². The number of rotatable bonds is 1. The van der Waals surface area contributed by atoms with Gasteiger partial charge in [-0.15, -0.1) is 0 Å². The fourth-order valence-electron chi connectivity index (χ4n) is 2.98. The van der Waals surface area contributed by atoms with Gasteiger partial charge < -0.3 is 5.84 Å². The highest BCUT2D eigenvalue weighted by molar-refractivity contribution is 6.09. The number of benzene rings is 3. The number of nitrogens with zero attached hydrogens (tertiary/aromatic N) is 1. The molecule has 21 heavy (non-hydrogen) atoms. The van der Waals surface area contributed by atoms with Crippen molar-refractivity contribution in [1.29, 1.82) is 0 Å². The zero-order valence-electron chi connectivity index (χ0n) is 11.9. The van der Waals surface area contributed by atoms with Crippen LogP contribution < -0.4 is 5.84 Å². The molecule has 2 nitrogen and oxygen atoms in total. The normalized spacial score (nSPS) is 11.3. The van der Waals surface area contributed by atoms with Crippen molar-refractivity contribution in [1.82, 2.24) is 4.68 Å². The van der Waals surface area contributed by atoms with Crippen molar-refractivity contribution in [3.63, 3.8) is 0 Å². The first kappa shape index (κ1) is 12.0. The Morgan fingerprint density at radius 2 is 1.38 bits per heavy atom. The molecule has 0 saturated heterocycles. The number of hydrogen-bond acceptors (Lipinski definition) is 1. The Kier molecular flexibility index (Phi) is 2.51. The molecule has 1 aromatic heterocycles. The molecule has 0 atom stereocenters. The molecule has 0 fully saturated rings. The lowest BCUT2D eigenvalue weighted by Gasteiger charge is -2.02. The van der Waals surface area contributed by atoms with Crippen LogP contribution in [0.25, 0.3) is 32.9 Å². The summed E-state index contributed by atoms with van der Waals surface area (Å²) in [6.07, 6.45) is 0. The molecule has 102 valence electrons. The van der Waals surface area contributed by atoms with Gasteiger partial charge in [0.15, 0.2) is 0 Å². The fourth-order valence-corrected chi connectivity index (χ4v) is 2.98. The van der Waals surface area contributed by atoms with E-state index in [-0.39, 0.29) is 0 Å². The summed E-state index contributed by atoms with van der Waals surface area (Å²) in [5.74, 6) is 6.23. The van der Waals surface area contributed by atoms with E-state index < -0.39 is 0 Å². The van der Waals surface area contributed by atoms with Crippen molar-refractivity contribution in [2.75, 3.05) is 5.84 Å². The number of fused-ring (bicyclic) bond motifs is 3. The van der Waals surface area contributed by atoms with Gasteiger partial charge in [0.2, 0.25) is 0 Å². The number of aryl methyl sites for hydroxylation is 1. The second kappa shape index (κ2) is 4.38. The van der Waals surface area contributed by atoms with E-state index in [1.807, 2.05) is 6.07 Å². The van der Waals surface area contributed by atoms with Crippen LogP contribution in [-0.2, 0) is 0 Å². The maximum absolute atomic E-state index is 6.23. The Hall–Kier alpha value is -2.74. The molecule has 0 unspecified atom stereocenters. The molecule has 0 aliphatic carbocycles. The van der Waals surface area contributed by atoms with E-state index in [0.717, 1.165) is 11.0 Å². The van der Waals surface area contributed by atoms with Crippen LogP contribution in [-0.4, -0.2) is 4.68 Å². The summed E-state index contributed by atoms with van der Waals surface area (Å²) in [5, 5.41) is 2.42. The molecule has 0 bridgehead atoms. The maximum Gasteiger partial charge on any atom is 0.0704 e. The molecular formula is C19H16N2. The third-order valence-corrected chi connectivity index (χ3v) is 4.06. The number of nitrogens with two attached hydrogens (primary N) is 1. The third kappa shape index (κ3) is 1.80. The molecule has 3 aromatic carbocycles. The number of hydrogen-bond donors (Lipinski definition) is 1. The molecule has 2 heteroatoms. The smallest absolute Gasteiger partial charge is 0.0704 e. The summed E-state index contributed by atoms with van der Waals surface area (Å²) in [6, 6.07) is 23.3. The van der Waals surface area contributed by atoms with Gasteiger partial charge in [-0.1, -0.05) is 48.0 Å². The molecule has 0 radical (unpaired) electrons. The second-order valence-electron chi connectivity index (χ2n) is 5.49. The average Bonchev–Trinajstić information content (AvgIpc) is 2.80. The predicted octanol–water partition coefficient (Wildman–Crippen LogP) is 4.48. The Labute approximate surface area is 123 Å². The predicted molar refractivity (Wildman–Crippen MR) is 89.8 cm³/mol. The summed E-state index contributed by atoms with van der Waals surface area (Å²) in [5.41, 5.74) is 5.83. The Morgan fingerprint density at radius 3 is 2.14 bits per heavy atom. The minimum absolute atomic E-state index is 1.07. The molecule has 0 aliphatic rings. The van der Waals surface area contributed by atoms with Crippen molar-refractivity contribution in [3.8, 4) is 11.1 Å². The molecule has 0 spiro atoms. The molecule has 2 N–H and O–H groups in total. The minimum Gasteiger partial charge on any atom is -0.339 e. The SMILES string of the molecule is Cc1ccc2c(c1)c1cc(-c3ccccc3)ccc1n2N. The van der Waals surface area contributed by atoms with Crippen LogP contribution in [0.5, 0.6) is 0 Å². The van der Waals surface area contributed by atoms with Gasteiger partial charge in [-0.25, -0.2) is 0 Å². The van der Waals surface area contributed by atoms with E-state index in [1.165, 1.54) is 27.5 Å². The van der Waals surface area contributed by atoms with E-state index >= 15 is 0 Å². The zero-order valence-corrected chi connectivity index (χ0v) is 11.9. The van der Waals surface area contributed by atoms with E-state index in [4.69, 9.17) is 5.84 Å². The monoisotopic (exact) mass is 272 g/mol. The van der Waals surface area contributed by atoms with Crippen LogP contribution >= 0.6 is 0 Å². The van der Waals surface area contributed by atoms with Gasteiger partial charge in [-0.2, -0.15) is 0 Å². The lowest BCUT2D eigenvalue weighted by Crippen LogP contribution is -2.06. The van der Waals surface area contributed by atoms with Crippen LogP contribution in [0.15, 0.2) is 66.7 Å². The summed E-state index contributed by atoms with van der Waals surface area (Å²) in [6.45, 7) is 2.11. The summed E-state index contributed by atoms with van der Waals surface area (Å²) in [4.78, 5) is 0. The van der Waals surface area contributed by atoms with Gasteiger partial charge in [0.25, 0.3) is 0 Å². The van der Waals surface area contributed by atoms with Crippen molar-refractivity contribution < 1.29 is 0 Å². The Morgan fingerprint density at radius 1 is 0.714 bits per heavy atom. The first-order chi connectivity index (χ1) is 10.2. The van der Waals surface area contributed by atoms with Gasteiger partial charge in [0.05, 0.1) is 11.0 Å². The zero-order chi connectivity index (χ0) is 14.4. The Bertz CT molecular complexity index is 950. The van der Waals surface area contributed by atoms with E-state index in [1.54, 1.807) is 4.68 Å². The van der Waals surface area contributed by atoms with Crippen molar-refractivity contribution >= 4 is 21.8 Å². The van der Waals surface area contributed by atoms with Crippen LogP contribution in [0.4, 0.5) is 0 Å². The van der Waals surface area contributed by atoms with Crippen molar-refractivity contribution in [3.05, 3.63) is 72.3 Å². The molecular weight excluding hydrogens is 256 g/mol. The standard InChI is InChI=1S/C19H16N2/c1-13-7-9-18-16(11-13)17-12-15(8-10-19(17)21(18)20)14-5-3-2-4-6-14/h2-12H,20H2,1H3. The summed E-state index contributed by atoms with van der Waals surface area (Å²) < 4.78 is 1.78. The summed E-state index contributed by atoms with van der Waals surface area (Å²) >= 11 is 0. The van der Waals surface area contributed by atoms with Gasteiger partial charge in [0, 0.05) is 10.8 Å². The van der Waals surface area contributed by atoms with Crippen molar-refractivity contribution in [2.45, 2.75) is 6.92 Å². The molecule has 0 aliphatic heterocycles. The Balaban J connectivity index is 2.07. The molecule has 1 heterocycles.